The van der Waals surface area contributed by atoms with Crippen LogP contribution in [0.4, 0.5) is 0 Å². The molecule has 17 heavy (non-hydrogen) atoms. The summed E-state index contributed by atoms with van der Waals surface area (Å²) in [7, 11) is 0. The molecule has 2 rings (SSSR count). The number of hydrogen-bond acceptors (Lipinski definition) is 4. The fourth-order valence-electron chi connectivity index (χ4n) is 1.51. The SMILES string of the molecule is CCOc1ncccc1-c1cnc(C(C)C)s1. The van der Waals surface area contributed by atoms with Gasteiger partial charge >= 0.3 is 0 Å². The first kappa shape index (κ1) is 12.0. The molecule has 0 unspecified atom stereocenters. The third-order valence-corrected chi connectivity index (χ3v) is 3.67. The molecule has 2 aromatic rings. The van der Waals surface area contributed by atoms with E-state index in [0.717, 1.165) is 15.4 Å². The van der Waals surface area contributed by atoms with Gasteiger partial charge in [0.25, 0.3) is 0 Å². The molecule has 90 valence electrons. The molecule has 0 radical (unpaired) electrons. The van der Waals surface area contributed by atoms with Crippen LogP contribution in [0.5, 0.6) is 5.88 Å². The van der Waals surface area contributed by atoms with Gasteiger partial charge in [-0.2, -0.15) is 0 Å². The fraction of sp³-hybridized carbons (Fsp3) is 0.385. The maximum Gasteiger partial charge on any atom is 0.222 e. The summed E-state index contributed by atoms with van der Waals surface area (Å²) in [5.74, 6) is 1.15. The van der Waals surface area contributed by atoms with E-state index in [1.165, 1.54) is 0 Å². The Kier molecular flexibility index (Phi) is 3.74. The monoisotopic (exact) mass is 248 g/mol. The number of pyridine rings is 1. The van der Waals surface area contributed by atoms with Crippen molar-refractivity contribution in [2.24, 2.45) is 0 Å². The average molecular weight is 248 g/mol. The van der Waals surface area contributed by atoms with Crippen molar-refractivity contribution in [2.75, 3.05) is 6.61 Å². The van der Waals surface area contributed by atoms with E-state index >= 15 is 0 Å². The van der Waals surface area contributed by atoms with E-state index < -0.39 is 0 Å². The Balaban J connectivity index is 2.38. The van der Waals surface area contributed by atoms with Crippen molar-refractivity contribution in [1.82, 2.24) is 9.97 Å². The molecule has 0 aromatic carbocycles. The van der Waals surface area contributed by atoms with Gasteiger partial charge in [-0.05, 0) is 19.1 Å². The second-order valence-electron chi connectivity index (χ2n) is 4.01. The zero-order chi connectivity index (χ0) is 12.3. The molecule has 0 saturated carbocycles. The van der Waals surface area contributed by atoms with Gasteiger partial charge in [-0.1, -0.05) is 13.8 Å². The molecule has 0 atom stereocenters. The van der Waals surface area contributed by atoms with E-state index in [0.29, 0.717) is 18.4 Å². The Labute approximate surface area is 106 Å². The van der Waals surface area contributed by atoms with Crippen LogP contribution in [-0.2, 0) is 0 Å². The first-order valence-corrected chi connectivity index (χ1v) is 6.58. The zero-order valence-corrected chi connectivity index (χ0v) is 11.1. The maximum absolute atomic E-state index is 5.53. The standard InChI is InChI=1S/C13H16N2OS/c1-4-16-12-10(6-5-7-14-12)11-8-15-13(17-11)9(2)3/h5-9H,4H2,1-3H3. The van der Waals surface area contributed by atoms with Crippen LogP contribution in [0.3, 0.4) is 0 Å². The molecule has 0 saturated heterocycles. The van der Waals surface area contributed by atoms with Crippen LogP contribution in [0.15, 0.2) is 24.5 Å². The summed E-state index contributed by atoms with van der Waals surface area (Å²) < 4.78 is 5.53. The third-order valence-electron chi connectivity index (χ3n) is 2.34. The van der Waals surface area contributed by atoms with Crippen molar-refractivity contribution in [1.29, 1.82) is 0 Å². The molecule has 3 nitrogen and oxygen atoms in total. The Bertz CT molecular complexity index is 494. The molecular formula is C13H16N2OS. The molecule has 2 heterocycles. The zero-order valence-electron chi connectivity index (χ0n) is 10.3. The summed E-state index contributed by atoms with van der Waals surface area (Å²) in [6.45, 7) is 6.88. The van der Waals surface area contributed by atoms with Crippen molar-refractivity contribution in [2.45, 2.75) is 26.7 Å². The summed E-state index contributed by atoms with van der Waals surface area (Å²) in [6.07, 6.45) is 3.65. The van der Waals surface area contributed by atoms with Crippen LogP contribution >= 0.6 is 11.3 Å². The van der Waals surface area contributed by atoms with Gasteiger partial charge in [-0.15, -0.1) is 11.3 Å². The lowest BCUT2D eigenvalue weighted by Crippen LogP contribution is -1.95. The topological polar surface area (TPSA) is 35.0 Å². The number of hydrogen-bond donors (Lipinski definition) is 0. The summed E-state index contributed by atoms with van der Waals surface area (Å²) in [5, 5.41) is 1.14. The molecule has 4 heteroatoms. The van der Waals surface area contributed by atoms with Crippen LogP contribution in [0.2, 0.25) is 0 Å². The van der Waals surface area contributed by atoms with Gasteiger partial charge < -0.3 is 4.74 Å². The lowest BCUT2D eigenvalue weighted by atomic mass is 10.2. The van der Waals surface area contributed by atoms with Crippen LogP contribution in [0.1, 0.15) is 31.7 Å². The number of thiazole rings is 1. The van der Waals surface area contributed by atoms with E-state index in [4.69, 9.17) is 4.74 Å². The summed E-state index contributed by atoms with van der Waals surface area (Å²) in [4.78, 5) is 9.80. The maximum atomic E-state index is 5.53. The van der Waals surface area contributed by atoms with Crippen molar-refractivity contribution >= 4 is 11.3 Å². The van der Waals surface area contributed by atoms with Gasteiger partial charge in [0, 0.05) is 18.3 Å². The largest absolute Gasteiger partial charge is 0.477 e. The summed E-state index contributed by atoms with van der Waals surface area (Å²) in [6, 6.07) is 3.95. The highest BCUT2D eigenvalue weighted by Gasteiger charge is 2.12. The Morgan fingerprint density at radius 3 is 2.82 bits per heavy atom. The molecule has 0 fully saturated rings. The first-order valence-electron chi connectivity index (χ1n) is 5.76. The highest BCUT2D eigenvalue weighted by atomic mass is 32.1. The van der Waals surface area contributed by atoms with Gasteiger partial charge in [0.2, 0.25) is 5.88 Å². The van der Waals surface area contributed by atoms with Crippen molar-refractivity contribution in [3.8, 4) is 16.3 Å². The number of ether oxygens (including phenoxy) is 1. The van der Waals surface area contributed by atoms with Gasteiger partial charge in [0.1, 0.15) is 0 Å². The molecule has 0 aliphatic rings. The predicted octanol–water partition coefficient (Wildman–Crippen LogP) is 3.73. The van der Waals surface area contributed by atoms with Crippen LogP contribution in [-0.4, -0.2) is 16.6 Å². The van der Waals surface area contributed by atoms with Gasteiger partial charge in [0.05, 0.1) is 22.1 Å². The molecular weight excluding hydrogens is 232 g/mol. The Morgan fingerprint density at radius 2 is 2.18 bits per heavy atom. The van der Waals surface area contributed by atoms with Crippen LogP contribution < -0.4 is 4.74 Å². The Morgan fingerprint density at radius 1 is 1.35 bits per heavy atom. The summed E-state index contributed by atoms with van der Waals surface area (Å²) >= 11 is 1.70. The average Bonchev–Trinajstić information content (AvgIpc) is 2.79. The minimum absolute atomic E-state index is 0.459. The minimum atomic E-state index is 0.459. The van der Waals surface area contributed by atoms with Crippen molar-refractivity contribution in [3.05, 3.63) is 29.5 Å². The molecule has 2 aromatic heterocycles. The van der Waals surface area contributed by atoms with E-state index in [9.17, 15) is 0 Å². The highest BCUT2D eigenvalue weighted by Crippen LogP contribution is 2.34. The van der Waals surface area contributed by atoms with Crippen molar-refractivity contribution in [3.63, 3.8) is 0 Å². The number of nitrogens with zero attached hydrogens (tertiary/aromatic N) is 2. The normalized spacial score (nSPS) is 10.8. The summed E-state index contributed by atoms with van der Waals surface area (Å²) in [5.41, 5.74) is 1.03. The second kappa shape index (κ2) is 5.27. The third kappa shape index (κ3) is 2.64. The number of aromatic nitrogens is 2. The Hall–Kier alpha value is -1.42. The molecule has 0 spiro atoms. The van der Waals surface area contributed by atoms with E-state index in [1.807, 2.05) is 25.3 Å². The van der Waals surface area contributed by atoms with Gasteiger partial charge in [-0.3, -0.25) is 0 Å². The molecule has 0 amide bonds. The first-order chi connectivity index (χ1) is 8.22. The van der Waals surface area contributed by atoms with Crippen LogP contribution in [0, 0.1) is 0 Å². The highest BCUT2D eigenvalue weighted by molar-refractivity contribution is 7.15. The second-order valence-corrected chi connectivity index (χ2v) is 5.07. The van der Waals surface area contributed by atoms with Gasteiger partial charge in [0.15, 0.2) is 0 Å². The fourth-order valence-corrected chi connectivity index (χ4v) is 2.45. The molecule has 0 aliphatic heterocycles. The molecule has 0 N–H and O–H groups in total. The molecule has 0 bridgehead atoms. The smallest absolute Gasteiger partial charge is 0.222 e. The lowest BCUT2D eigenvalue weighted by Gasteiger charge is -2.06. The van der Waals surface area contributed by atoms with E-state index in [2.05, 4.69) is 23.8 Å². The minimum Gasteiger partial charge on any atom is -0.477 e. The van der Waals surface area contributed by atoms with Crippen molar-refractivity contribution < 1.29 is 4.74 Å². The van der Waals surface area contributed by atoms with Gasteiger partial charge in [-0.25, -0.2) is 9.97 Å². The quantitative estimate of drug-likeness (QED) is 0.827. The predicted molar refractivity (Wildman–Crippen MR) is 70.6 cm³/mol. The lowest BCUT2D eigenvalue weighted by molar-refractivity contribution is 0.328. The number of rotatable bonds is 4. The van der Waals surface area contributed by atoms with E-state index in [1.54, 1.807) is 17.5 Å². The van der Waals surface area contributed by atoms with E-state index in [-0.39, 0.29) is 0 Å². The molecule has 0 aliphatic carbocycles. The van der Waals surface area contributed by atoms with Crippen LogP contribution in [0.25, 0.3) is 10.4 Å².